The molecule has 2 rings (SSSR count). The van der Waals surface area contributed by atoms with Crippen molar-refractivity contribution in [2.24, 2.45) is 5.92 Å². The molecule has 0 bridgehead atoms. The van der Waals surface area contributed by atoms with Gasteiger partial charge in [0.25, 0.3) is 0 Å². The van der Waals surface area contributed by atoms with Crippen molar-refractivity contribution in [1.29, 1.82) is 0 Å². The Labute approximate surface area is 149 Å². The first-order valence-electron chi connectivity index (χ1n) is 8.90. The average molecular weight is 352 g/mol. The lowest BCUT2D eigenvalue weighted by Gasteiger charge is -2.32. The zero-order valence-electron chi connectivity index (χ0n) is 15.4. The highest BCUT2D eigenvalue weighted by atomic mass is 19.1. The van der Waals surface area contributed by atoms with Gasteiger partial charge < -0.3 is 14.8 Å². The summed E-state index contributed by atoms with van der Waals surface area (Å²) >= 11 is 0. The van der Waals surface area contributed by atoms with Gasteiger partial charge in [-0.05, 0) is 58.2 Å². The molecule has 1 aliphatic heterocycles. The molecule has 0 radical (unpaired) electrons. The summed E-state index contributed by atoms with van der Waals surface area (Å²) in [5.41, 5.74) is -0.479. The second-order valence-corrected chi connectivity index (χ2v) is 7.47. The molecule has 1 amide bonds. The maximum Gasteiger partial charge on any atom is 0.407 e. The number of ether oxygens (including phenoxy) is 2. The van der Waals surface area contributed by atoms with Crippen LogP contribution >= 0.6 is 0 Å². The number of rotatable bonds is 6. The maximum absolute atomic E-state index is 13.5. The summed E-state index contributed by atoms with van der Waals surface area (Å²) in [5.74, 6) is 0.359. The average Bonchev–Trinajstić information content (AvgIpc) is 2.54. The van der Waals surface area contributed by atoms with E-state index in [1.54, 1.807) is 18.2 Å². The first kappa shape index (κ1) is 19.5. The molecule has 1 unspecified atom stereocenters. The second-order valence-electron chi connectivity index (χ2n) is 7.47. The number of nitrogens with zero attached hydrogens (tertiary/aromatic N) is 1. The molecular formula is C19H29FN2O3. The van der Waals surface area contributed by atoms with Crippen LogP contribution in [-0.2, 0) is 4.74 Å². The fraction of sp³-hybridized carbons (Fsp3) is 0.632. The first-order chi connectivity index (χ1) is 11.8. The quantitative estimate of drug-likeness (QED) is 0.852. The Morgan fingerprint density at radius 2 is 2.12 bits per heavy atom. The minimum Gasteiger partial charge on any atom is -0.489 e. The Kier molecular flexibility index (Phi) is 7.05. The van der Waals surface area contributed by atoms with Crippen molar-refractivity contribution >= 4 is 6.09 Å². The van der Waals surface area contributed by atoms with Crippen molar-refractivity contribution in [1.82, 2.24) is 10.2 Å². The highest BCUT2D eigenvalue weighted by molar-refractivity contribution is 5.67. The van der Waals surface area contributed by atoms with Crippen LogP contribution in [0.25, 0.3) is 0 Å². The largest absolute Gasteiger partial charge is 0.489 e. The van der Waals surface area contributed by atoms with Crippen LogP contribution in [0, 0.1) is 11.7 Å². The lowest BCUT2D eigenvalue weighted by molar-refractivity contribution is 0.0505. The second kappa shape index (κ2) is 9.04. The van der Waals surface area contributed by atoms with Gasteiger partial charge in [-0.15, -0.1) is 0 Å². The fourth-order valence-corrected chi connectivity index (χ4v) is 2.91. The van der Waals surface area contributed by atoms with Gasteiger partial charge in [0.15, 0.2) is 11.6 Å². The minimum absolute atomic E-state index is 0.294. The van der Waals surface area contributed by atoms with E-state index in [0.717, 1.165) is 32.5 Å². The number of alkyl carbamates (subject to hydrolysis) is 1. The number of carbonyl (C=O) groups is 1. The summed E-state index contributed by atoms with van der Waals surface area (Å²) in [6.45, 7) is 9.27. The SMILES string of the molecule is CC(C)(C)OC(=O)NCC1CCCN(CCOc2ccccc2F)C1. The molecule has 1 aromatic carbocycles. The van der Waals surface area contributed by atoms with Crippen LogP contribution in [0.15, 0.2) is 24.3 Å². The van der Waals surface area contributed by atoms with Gasteiger partial charge >= 0.3 is 6.09 Å². The van der Waals surface area contributed by atoms with E-state index in [0.29, 0.717) is 24.8 Å². The van der Waals surface area contributed by atoms with Gasteiger partial charge in [0, 0.05) is 19.6 Å². The van der Waals surface area contributed by atoms with Crippen molar-refractivity contribution in [3.05, 3.63) is 30.1 Å². The summed E-state index contributed by atoms with van der Waals surface area (Å²) in [6, 6.07) is 6.44. The van der Waals surface area contributed by atoms with Crippen molar-refractivity contribution < 1.29 is 18.7 Å². The Morgan fingerprint density at radius 3 is 2.84 bits per heavy atom. The van der Waals surface area contributed by atoms with Gasteiger partial charge in [-0.25, -0.2) is 9.18 Å². The van der Waals surface area contributed by atoms with Gasteiger partial charge in [-0.1, -0.05) is 12.1 Å². The van der Waals surface area contributed by atoms with Crippen molar-refractivity contribution in [3.8, 4) is 5.75 Å². The summed E-state index contributed by atoms with van der Waals surface area (Å²) in [5, 5.41) is 2.85. The predicted octanol–water partition coefficient (Wildman–Crippen LogP) is 3.44. The number of piperidine rings is 1. The third-order valence-corrected chi connectivity index (χ3v) is 4.04. The standard InChI is InChI=1S/C19H29FN2O3/c1-19(2,3)25-18(23)21-13-15-7-6-10-22(14-15)11-12-24-17-9-5-4-8-16(17)20/h4-5,8-9,15H,6-7,10-14H2,1-3H3,(H,21,23). The zero-order valence-corrected chi connectivity index (χ0v) is 15.4. The highest BCUT2D eigenvalue weighted by Crippen LogP contribution is 2.18. The molecule has 0 aliphatic carbocycles. The maximum atomic E-state index is 13.5. The number of hydrogen-bond acceptors (Lipinski definition) is 4. The fourth-order valence-electron chi connectivity index (χ4n) is 2.91. The molecule has 5 nitrogen and oxygen atoms in total. The molecule has 1 saturated heterocycles. The van der Waals surface area contributed by atoms with E-state index in [2.05, 4.69) is 10.2 Å². The lowest BCUT2D eigenvalue weighted by Crippen LogP contribution is -2.43. The van der Waals surface area contributed by atoms with Crippen LogP contribution in [-0.4, -0.2) is 49.4 Å². The van der Waals surface area contributed by atoms with Crippen LogP contribution in [0.5, 0.6) is 5.75 Å². The number of para-hydroxylation sites is 1. The third kappa shape index (κ3) is 7.30. The normalized spacial score (nSPS) is 18.6. The number of likely N-dealkylation sites (tertiary alicyclic amines) is 1. The highest BCUT2D eigenvalue weighted by Gasteiger charge is 2.22. The summed E-state index contributed by atoms with van der Waals surface area (Å²) in [6.07, 6.45) is 1.80. The zero-order chi connectivity index (χ0) is 18.3. The molecular weight excluding hydrogens is 323 g/mol. The Morgan fingerprint density at radius 1 is 1.36 bits per heavy atom. The summed E-state index contributed by atoms with van der Waals surface area (Å²) in [7, 11) is 0. The number of nitrogens with one attached hydrogen (secondary N) is 1. The van der Waals surface area contributed by atoms with E-state index in [-0.39, 0.29) is 11.9 Å². The molecule has 1 aromatic rings. The Bertz CT molecular complexity index is 560. The first-order valence-corrected chi connectivity index (χ1v) is 8.90. The Hall–Kier alpha value is -1.82. The molecule has 140 valence electrons. The number of hydrogen-bond donors (Lipinski definition) is 1. The van der Waals surface area contributed by atoms with Gasteiger partial charge in [-0.2, -0.15) is 0 Å². The number of halogens is 1. The minimum atomic E-state index is -0.479. The predicted molar refractivity (Wildman–Crippen MR) is 95.3 cm³/mol. The van der Waals surface area contributed by atoms with Gasteiger partial charge in [0.2, 0.25) is 0 Å². The molecule has 0 spiro atoms. The van der Waals surface area contributed by atoms with Crippen LogP contribution in [0.1, 0.15) is 33.6 Å². The molecule has 1 fully saturated rings. The van der Waals surface area contributed by atoms with E-state index in [1.165, 1.54) is 6.07 Å². The van der Waals surface area contributed by atoms with E-state index in [9.17, 15) is 9.18 Å². The molecule has 1 atom stereocenters. The lowest BCUT2D eigenvalue weighted by atomic mass is 9.98. The third-order valence-electron chi connectivity index (χ3n) is 4.04. The molecule has 25 heavy (non-hydrogen) atoms. The van der Waals surface area contributed by atoms with Crippen molar-refractivity contribution in [2.75, 3.05) is 32.8 Å². The topological polar surface area (TPSA) is 50.8 Å². The molecule has 6 heteroatoms. The van der Waals surface area contributed by atoms with E-state index >= 15 is 0 Å². The molecule has 0 aromatic heterocycles. The molecule has 1 N–H and O–H groups in total. The smallest absolute Gasteiger partial charge is 0.407 e. The van der Waals surface area contributed by atoms with Crippen molar-refractivity contribution in [2.45, 2.75) is 39.2 Å². The van der Waals surface area contributed by atoms with Crippen LogP contribution < -0.4 is 10.1 Å². The monoisotopic (exact) mass is 352 g/mol. The van der Waals surface area contributed by atoms with Gasteiger partial charge in [0.1, 0.15) is 12.2 Å². The molecule has 1 aliphatic rings. The van der Waals surface area contributed by atoms with Crippen LogP contribution in [0.2, 0.25) is 0 Å². The van der Waals surface area contributed by atoms with E-state index in [1.807, 2.05) is 20.8 Å². The van der Waals surface area contributed by atoms with Crippen LogP contribution in [0.4, 0.5) is 9.18 Å². The molecule has 0 saturated carbocycles. The summed E-state index contributed by atoms with van der Waals surface area (Å²) in [4.78, 5) is 14.0. The van der Waals surface area contributed by atoms with Gasteiger partial charge in [-0.3, -0.25) is 4.90 Å². The Balaban J connectivity index is 1.68. The summed E-state index contributed by atoms with van der Waals surface area (Å²) < 4.78 is 24.3. The number of amides is 1. The number of benzene rings is 1. The van der Waals surface area contributed by atoms with Crippen LogP contribution in [0.3, 0.4) is 0 Å². The van der Waals surface area contributed by atoms with E-state index in [4.69, 9.17) is 9.47 Å². The van der Waals surface area contributed by atoms with Gasteiger partial charge in [0.05, 0.1) is 0 Å². The van der Waals surface area contributed by atoms with E-state index < -0.39 is 5.60 Å². The number of carbonyl (C=O) groups excluding carboxylic acids is 1. The molecule has 1 heterocycles. The van der Waals surface area contributed by atoms with Crippen molar-refractivity contribution in [3.63, 3.8) is 0 Å².